The molecule has 162 valence electrons. The van der Waals surface area contributed by atoms with Crippen LogP contribution in [0.2, 0.25) is 0 Å². The minimum atomic E-state index is -0.575. The Bertz CT molecular complexity index is 859. The number of likely N-dealkylation sites (tertiary alicyclic amines) is 1. The summed E-state index contributed by atoms with van der Waals surface area (Å²) in [6, 6.07) is 11.4. The molecular weight excluding hydrogens is 386 g/mol. The molecule has 1 aromatic carbocycles. The second kappa shape index (κ2) is 9.19. The highest BCUT2D eigenvalue weighted by molar-refractivity contribution is 5.69. The Kier molecular flexibility index (Phi) is 6.64. The number of alkyl carbamates (subject to hydrolysis) is 1. The second-order valence-corrected chi connectivity index (χ2v) is 8.56. The number of amides is 2. The number of rotatable bonds is 5. The number of nitrogens with one attached hydrogen (secondary N) is 1. The van der Waals surface area contributed by atoms with Crippen molar-refractivity contribution >= 4 is 12.2 Å². The molecule has 0 unspecified atom stereocenters. The van der Waals surface area contributed by atoms with E-state index >= 15 is 0 Å². The molecule has 30 heavy (non-hydrogen) atoms. The lowest BCUT2D eigenvalue weighted by molar-refractivity contribution is 0.0286. The van der Waals surface area contributed by atoms with Crippen LogP contribution >= 0.6 is 0 Å². The van der Waals surface area contributed by atoms with Crippen LogP contribution in [-0.4, -0.2) is 47.5 Å². The Hall–Kier alpha value is -3.03. The minimum absolute atomic E-state index is 0.0358. The zero-order chi connectivity index (χ0) is 21.7. The first-order valence-corrected chi connectivity index (χ1v) is 10.1. The molecule has 2 amide bonds. The van der Waals surface area contributed by atoms with E-state index in [4.69, 9.17) is 14.0 Å². The van der Waals surface area contributed by atoms with Crippen LogP contribution in [0.15, 0.2) is 40.9 Å². The Morgan fingerprint density at radius 3 is 2.60 bits per heavy atom. The fraction of sp³-hybridized carbons (Fsp3) is 0.500. The summed E-state index contributed by atoms with van der Waals surface area (Å²) in [5, 5.41) is 6.93. The van der Waals surface area contributed by atoms with Gasteiger partial charge in [-0.15, -0.1) is 0 Å². The number of carbonyl (C=O) groups is 2. The summed E-state index contributed by atoms with van der Waals surface area (Å²) >= 11 is 0. The highest BCUT2D eigenvalue weighted by Gasteiger charge is 2.39. The number of hydrogen-bond acceptors (Lipinski definition) is 6. The Morgan fingerprint density at radius 1 is 1.23 bits per heavy atom. The van der Waals surface area contributed by atoms with Gasteiger partial charge in [-0.05, 0) is 33.3 Å². The molecule has 1 fully saturated rings. The van der Waals surface area contributed by atoms with Gasteiger partial charge in [-0.1, -0.05) is 35.5 Å². The van der Waals surface area contributed by atoms with Crippen LogP contribution < -0.4 is 5.32 Å². The van der Waals surface area contributed by atoms with Gasteiger partial charge in [0.15, 0.2) is 0 Å². The highest BCUT2D eigenvalue weighted by atomic mass is 16.6. The van der Waals surface area contributed by atoms with Crippen LogP contribution in [0.25, 0.3) is 0 Å². The standard InChI is InChI=1S/C22H29N3O5/c1-15-10-19(24-30-15)18-13-25(21(27)29-22(2,3)4)12-17(18)11-23-20(26)28-14-16-8-6-5-7-9-16/h5-10,17-18H,11-14H2,1-4H3,(H,23,26)/t17-,18+/m0/s1. The Balaban J connectivity index is 1.59. The van der Waals surface area contributed by atoms with E-state index < -0.39 is 11.7 Å². The molecule has 1 saturated heterocycles. The second-order valence-electron chi connectivity index (χ2n) is 8.56. The van der Waals surface area contributed by atoms with Gasteiger partial charge < -0.3 is 24.2 Å². The van der Waals surface area contributed by atoms with E-state index in [1.54, 1.807) is 4.90 Å². The predicted molar refractivity (Wildman–Crippen MR) is 110 cm³/mol. The molecule has 0 aliphatic carbocycles. The predicted octanol–water partition coefficient (Wildman–Crippen LogP) is 3.86. The number of aryl methyl sites for hydroxylation is 1. The molecule has 0 radical (unpaired) electrons. The third-order valence-electron chi connectivity index (χ3n) is 4.84. The summed E-state index contributed by atoms with van der Waals surface area (Å²) in [6.45, 7) is 8.78. The van der Waals surface area contributed by atoms with E-state index in [0.717, 1.165) is 11.3 Å². The maximum atomic E-state index is 12.5. The molecule has 8 nitrogen and oxygen atoms in total. The molecule has 1 aromatic heterocycles. The fourth-order valence-electron chi connectivity index (χ4n) is 3.44. The quantitative estimate of drug-likeness (QED) is 0.797. The summed E-state index contributed by atoms with van der Waals surface area (Å²) in [5.74, 6) is 0.602. The van der Waals surface area contributed by atoms with Crippen LogP contribution in [-0.2, 0) is 16.1 Å². The van der Waals surface area contributed by atoms with Gasteiger partial charge in [0.05, 0.1) is 5.69 Å². The van der Waals surface area contributed by atoms with Gasteiger partial charge in [0.25, 0.3) is 0 Å². The first-order valence-electron chi connectivity index (χ1n) is 10.1. The van der Waals surface area contributed by atoms with Gasteiger partial charge in [-0.25, -0.2) is 9.59 Å². The molecule has 2 heterocycles. The van der Waals surface area contributed by atoms with E-state index in [2.05, 4.69) is 10.5 Å². The summed E-state index contributed by atoms with van der Waals surface area (Å²) in [6.07, 6.45) is -0.869. The zero-order valence-corrected chi connectivity index (χ0v) is 17.9. The van der Waals surface area contributed by atoms with Gasteiger partial charge in [-0.2, -0.15) is 0 Å². The smallest absolute Gasteiger partial charge is 0.410 e. The van der Waals surface area contributed by atoms with Crippen molar-refractivity contribution in [2.24, 2.45) is 5.92 Å². The molecule has 0 bridgehead atoms. The van der Waals surface area contributed by atoms with Crippen LogP contribution in [0.5, 0.6) is 0 Å². The maximum absolute atomic E-state index is 12.5. The molecule has 1 N–H and O–H groups in total. The van der Waals surface area contributed by atoms with Gasteiger partial charge in [0.1, 0.15) is 18.0 Å². The van der Waals surface area contributed by atoms with Crippen molar-refractivity contribution in [1.29, 1.82) is 0 Å². The lowest BCUT2D eigenvalue weighted by atomic mass is 9.93. The molecule has 0 saturated carbocycles. The van der Waals surface area contributed by atoms with E-state index in [0.29, 0.717) is 25.4 Å². The fourth-order valence-corrected chi connectivity index (χ4v) is 3.44. The molecule has 0 spiro atoms. The maximum Gasteiger partial charge on any atom is 0.410 e. The van der Waals surface area contributed by atoms with Crippen LogP contribution in [0.4, 0.5) is 9.59 Å². The largest absolute Gasteiger partial charge is 0.445 e. The third-order valence-corrected chi connectivity index (χ3v) is 4.84. The number of aromatic nitrogens is 1. The lowest BCUT2D eigenvalue weighted by Gasteiger charge is -2.24. The van der Waals surface area contributed by atoms with Crippen LogP contribution in [0.1, 0.15) is 43.7 Å². The van der Waals surface area contributed by atoms with Crippen molar-refractivity contribution in [3.63, 3.8) is 0 Å². The minimum Gasteiger partial charge on any atom is -0.445 e. The van der Waals surface area contributed by atoms with Crippen molar-refractivity contribution in [2.75, 3.05) is 19.6 Å². The molecule has 3 rings (SSSR count). The van der Waals surface area contributed by atoms with E-state index in [-0.39, 0.29) is 24.5 Å². The van der Waals surface area contributed by atoms with E-state index in [1.807, 2.05) is 64.1 Å². The van der Waals surface area contributed by atoms with Crippen molar-refractivity contribution in [1.82, 2.24) is 15.4 Å². The van der Waals surface area contributed by atoms with Gasteiger partial charge in [0.2, 0.25) is 0 Å². The Morgan fingerprint density at radius 2 is 1.97 bits per heavy atom. The van der Waals surface area contributed by atoms with Crippen LogP contribution in [0.3, 0.4) is 0 Å². The van der Waals surface area contributed by atoms with E-state index in [1.165, 1.54) is 0 Å². The first-order chi connectivity index (χ1) is 14.2. The number of hydrogen-bond donors (Lipinski definition) is 1. The molecule has 1 aliphatic heterocycles. The van der Waals surface area contributed by atoms with Crippen molar-refractivity contribution in [3.8, 4) is 0 Å². The van der Waals surface area contributed by atoms with Crippen molar-refractivity contribution < 1.29 is 23.6 Å². The van der Waals surface area contributed by atoms with Gasteiger partial charge in [-0.3, -0.25) is 0 Å². The summed E-state index contributed by atoms with van der Waals surface area (Å²) in [4.78, 5) is 26.3. The SMILES string of the molecule is Cc1cc([C@@H]2CN(C(=O)OC(C)(C)C)C[C@@H]2CNC(=O)OCc2ccccc2)no1. The number of carbonyl (C=O) groups excluding carboxylic acids is 2. The third kappa shape index (κ3) is 5.98. The zero-order valence-electron chi connectivity index (χ0n) is 17.9. The van der Waals surface area contributed by atoms with Crippen molar-refractivity contribution in [2.45, 2.75) is 45.8 Å². The number of nitrogens with zero attached hydrogens (tertiary/aromatic N) is 2. The number of ether oxygens (including phenoxy) is 2. The van der Waals surface area contributed by atoms with E-state index in [9.17, 15) is 9.59 Å². The molecule has 2 aromatic rings. The lowest BCUT2D eigenvalue weighted by Crippen LogP contribution is -2.36. The normalized spacial score (nSPS) is 18.9. The topological polar surface area (TPSA) is 93.9 Å². The first kappa shape index (κ1) is 21.7. The Labute approximate surface area is 176 Å². The molecular formula is C22H29N3O5. The monoisotopic (exact) mass is 415 g/mol. The molecule has 8 heteroatoms. The van der Waals surface area contributed by atoms with Crippen molar-refractivity contribution in [3.05, 3.63) is 53.4 Å². The van der Waals surface area contributed by atoms with Gasteiger partial charge in [0, 0.05) is 37.5 Å². The number of benzene rings is 1. The van der Waals surface area contributed by atoms with Gasteiger partial charge >= 0.3 is 12.2 Å². The summed E-state index contributed by atoms with van der Waals surface area (Å²) in [5.41, 5.74) is 1.11. The molecule has 2 atom stereocenters. The average molecular weight is 415 g/mol. The summed E-state index contributed by atoms with van der Waals surface area (Å²) in [7, 11) is 0. The summed E-state index contributed by atoms with van der Waals surface area (Å²) < 4.78 is 16.0. The highest BCUT2D eigenvalue weighted by Crippen LogP contribution is 2.33. The average Bonchev–Trinajstić information content (AvgIpc) is 3.30. The van der Waals surface area contributed by atoms with Crippen LogP contribution in [0, 0.1) is 12.8 Å². The molecule has 1 aliphatic rings.